The van der Waals surface area contributed by atoms with Gasteiger partial charge in [-0.1, -0.05) is 12.1 Å². The van der Waals surface area contributed by atoms with E-state index in [1.807, 2.05) is 0 Å². The normalized spacial score (nSPS) is 10.0. The molecule has 1 heterocycles. The van der Waals surface area contributed by atoms with Crippen LogP contribution in [0.25, 0.3) is 0 Å². The van der Waals surface area contributed by atoms with Crippen molar-refractivity contribution in [3.05, 3.63) is 47.9 Å². The van der Waals surface area contributed by atoms with Crippen LogP contribution in [0.2, 0.25) is 0 Å². The second kappa shape index (κ2) is 5.34. The van der Waals surface area contributed by atoms with Crippen LogP contribution in [0.5, 0.6) is 5.75 Å². The number of benzene rings is 1. The molecule has 1 aromatic carbocycles. The second-order valence-electron chi connectivity index (χ2n) is 3.65. The quantitative estimate of drug-likeness (QED) is 0.886. The molecule has 0 aliphatic carbocycles. The van der Waals surface area contributed by atoms with E-state index in [4.69, 9.17) is 9.84 Å². The molecule has 0 amide bonds. The number of hydrogen-bond donors (Lipinski definition) is 2. The molecule has 0 saturated heterocycles. The maximum atomic E-state index is 13.9. The Morgan fingerprint density at radius 3 is 2.79 bits per heavy atom. The van der Waals surface area contributed by atoms with Crippen molar-refractivity contribution in [3.8, 4) is 5.75 Å². The fourth-order valence-corrected chi connectivity index (χ4v) is 1.57. The van der Waals surface area contributed by atoms with E-state index in [-0.39, 0.29) is 5.82 Å². The van der Waals surface area contributed by atoms with Gasteiger partial charge in [0, 0.05) is 6.20 Å². The molecule has 2 aromatic rings. The molecule has 0 unspecified atom stereocenters. The Morgan fingerprint density at radius 2 is 2.11 bits per heavy atom. The maximum Gasteiger partial charge on any atom is 0.338 e. The first-order valence-corrected chi connectivity index (χ1v) is 5.41. The molecule has 0 bridgehead atoms. The van der Waals surface area contributed by atoms with Gasteiger partial charge in [-0.05, 0) is 18.2 Å². The van der Waals surface area contributed by atoms with Gasteiger partial charge in [0.1, 0.15) is 11.3 Å². The van der Waals surface area contributed by atoms with Crippen LogP contribution in [-0.2, 0) is 0 Å². The molecule has 98 valence electrons. The zero-order valence-electron chi connectivity index (χ0n) is 10.1. The third kappa shape index (κ3) is 2.62. The van der Waals surface area contributed by atoms with Crippen molar-refractivity contribution in [1.29, 1.82) is 0 Å². The highest BCUT2D eigenvalue weighted by molar-refractivity contribution is 5.89. The Bertz CT molecular complexity index is 617. The van der Waals surface area contributed by atoms with Crippen LogP contribution in [0.4, 0.5) is 15.9 Å². The van der Waals surface area contributed by atoms with Crippen LogP contribution in [0.15, 0.2) is 36.5 Å². The number of aromatic carboxylic acids is 1. The molecule has 0 fully saturated rings. The van der Waals surface area contributed by atoms with Crippen LogP contribution in [0.3, 0.4) is 0 Å². The van der Waals surface area contributed by atoms with Gasteiger partial charge in [0.05, 0.1) is 12.8 Å². The summed E-state index contributed by atoms with van der Waals surface area (Å²) in [7, 11) is 1.48. The number of rotatable bonds is 4. The molecule has 0 saturated carbocycles. The Balaban J connectivity index is 2.39. The number of ether oxygens (including phenoxy) is 1. The third-order valence-electron chi connectivity index (χ3n) is 2.48. The number of pyridine rings is 1. The predicted octanol–water partition coefficient (Wildman–Crippen LogP) is 2.67. The lowest BCUT2D eigenvalue weighted by Gasteiger charge is -2.11. The second-order valence-corrected chi connectivity index (χ2v) is 3.65. The number of methoxy groups -OCH3 is 1. The molecule has 0 aliphatic heterocycles. The topological polar surface area (TPSA) is 71.5 Å². The van der Waals surface area contributed by atoms with Crippen LogP contribution >= 0.6 is 0 Å². The maximum absolute atomic E-state index is 13.9. The zero-order valence-corrected chi connectivity index (χ0v) is 10.1. The molecule has 2 N–H and O–H groups in total. The van der Waals surface area contributed by atoms with E-state index in [9.17, 15) is 9.18 Å². The molecule has 6 heteroatoms. The highest BCUT2D eigenvalue weighted by Gasteiger charge is 2.15. The van der Waals surface area contributed by atoms with E-state index < -0.39 is 17.3 Å². The molecule has 0 spiro atoms. The lowest BCUT2D eigenvalue weighted by molar-refractivity contribution is 0.0692. The first-order chi connectivity index (χ1) is 9.13. The molecule has 5 nitrogen and oxygen atoms in total. The van der Waals surface area contributed by atoms with Crippen molar-refractivity contribution >= 4 is 17.5 Å². The standard InChI is InChI=1S/C13H11FN2O3/c1-19-10-5-3-2-4-9(10)16-12-11(14)8(13(17)18)6-7-15-12/h2-7H,1H3,(H,15,16)(H,17,18). The fourth-order valence-electron chi connectivity index (χ4n) is 1.57. The minimum atomic E-state index is -1.34. The lowest BCUT2D eigenvalue weighted by atomic mass is 10.2. The first kappa shape index (κ1) is 12.8. The van der Waals surface area contributed by atoms with Gasteiger partial charge in [0.25, 0.3) is 0 Å². The number of anilines is 2. The van der Waals surface area contributed by atoms with Gasteiger partial charge < -0.3 is 15.2 Å². The van der Waals surface area contributed by atoms with Crippen molar-refractivity contribution in [2.24, 2.45) is 0 Å². The number of carboxylic acids is 1. The third-order valence-corrected chi connectivity index (χ3v) is 2.48. The van der Waals surface area contributed by atoms with Gasteiger partial charge >= 0.3 is 5.97 Å². The largest absolute Gasteiger partial charge is 0.495 e. The summed E-state index contributed by atoms with van der Waals surface area (Å²) in [5.74, 6) is -1.92. The molecule has 0 atom stereocenters. The summed E-state index contributed by atoms with van der Waals surface area (Å²) < 4.78 is 19.0. The van der Waals surface area contributed by atoms with E-state index >= 15 is 0 Å². The molecule has 0 aliphatic rings. The van der Waals surface area contributed by atoms with Gasteiger partial charge in [-0.25, -0.2) is 14.2 Å². The molecular formula is C13H11FN2O3. The number of nitrogens with zero attached hydrogens (tertiary/aromatic N) is 1. The Hall–Kier alpha value is -2.63. The number of para-hydroxylation sites is 2. The summed E-state index contributed by atoms with van der Waals surface area (Å²) in [6, 6.07) is 7.98. The minimum absolute atomic E-state index is 0.163. The average Bonchev–Trinajstić information content (AvgIpc) is 2.41. The monoisotopic (exact) mass is 262 g/mol. The Morgan fingerprint density at radius 1 is 1.37 bits per heavy atom. The molecule has 1 aromatic heterocycles. The van der Waals surface area contributed by atoms with Crippen molar-refractivity contribution in [2.45, 2.75) is 0 Å². The Labute approximate surface area is 108 Å². The summed E-state index contributed by atoms with van der Waals surface area (Å²) in [5, 5.41) is 11.5. The van der Waals surface area contributed by atoms with E-state index in [2.05, 4.69) is 10.3 Å². The van der Waals surface area contributed by atoms with Crippen molar-refractivity contribution in [3.63, 3.8) is 0 Å². The number of carboxylic acid groups (broad SMARTS) is 1. The first-order valence-electron chi connectivity index (χ1n) is 5.41. The lowest BCUT2D eigenvalue weighted by Crippen LogP contribution is -2.06. The summed E-state index contributed by atoms with van der Waals surface area (Å²) in [4.78, 5) is 14.6. The van der Waals surface area contributed by atoms with Crippen LogP contribution in [0.1, 0.15) is 10.4 Å². The van der Waals surface area contributed by atoms with Crippen molar-refractivity contribution < 1.29 is 19.0 Å². The highest BCUT2D eigenvalue weighted by Crippen LogP contribution is 2.27. The van der Waals surface area contributed by atoms with E-state index in [0.717, 1.165) is 6.07 Å². The Kier molecular flexibility index (Phi) is 3.61. The summed E-state index contributed by atoms with van der Waals surface area (Å²) >= 11 is 0. The minimum Gasteiger partial charge on any atom is -0.495 e. The van der Waals surface area contributed by atoms with Gasteiger partial charge in [-0.2, -0.15) is 0 Å². The summed E-state index contributed by atoms with van der Waals surface area (Å²) in [5.41, 5.74) is 0.0614. The van der Waals surface area contributed by atoms with E-state index in [0.29, 0.717) is 11.4 Å². The summed E-state index contributed by atoms with van der Waals surface area (Å²) in [6.45, 7) is 0. The van der Waals surface area contributed by atoms with Crippen LogP contribution in [0, 0.1) is 5.82 Å². The fraction of sp³-hybridized carbons (Fsp3) is 0.0769. The number of nitrogens with one attached hydrogen (secondary N) is 1. The molecule has 0 radical (unpaired) electrons. The van der Waals surface area contributed by atoms with Gasteiger partial charge in [0.15, 0.2) is 11.6 Å². The SMILES string of the molecule is COc1ccccc1Nc1nccc(C(=O)O)c1F. The average molecular weight is 262 g/mol. The molecule has 2 rings (SSSR count). The van der Waals surface area contributed by atoms with Gasteiger partial charge in [0.2, 0.25) is 0 Å². The van der Waals surface area contributed by atoms with Gasteiger partial charge in [-0.3, -0.25) is 0 Å². The van der Waals surface area contributed by atoms with E-state index in [1.54, 1.807) is 24.3 Å². The smallest absolute Gasteiger partial charge is 0.338 e. The highest BCUT2D eigenvalue weighted by atomic mass is 19.1. The zero-order chi connectivity index (χ0) is 13.8. The van der Waals surface area contributed by atoms with E-state index in [1.165, 1.54) is 13.3 Å². The van der Waals surface area contributed by atoms with Crippen LogP contribution < -0.4 is 10.1 Å². The number of aromatic nitrogens is 1. The number of carbonyl (C=O) groups is 1. The van der Waals surface area contributed by atoms with Crippen molar-refractivity contribution in [1.82, 2.24) is 4.98 Å². The summed E-state index contributed by atoms with van der Waals surface area (Å²) in [6.07, 6.45) is 1.23. The number of hydrogen-bond acceptors (Lipinski definition) is 4. The molecular weight excluding hydrogens is 251 g/mol. The molecule has 19 heavy (non-hydrogen) atoms. The van der Waals surface area contributed by atoms with Gasteiger partial charge in [-0.15, -0.1) is 0 Å². The van der Waals surface area contributed by atoms with Crippen molar-refractivity contribution in [2.75, 3.05) is 12.4 Å². The predicted molar refractivity (Wildman–Crippen MR) is 67.4 cm³/mol. The number of halogens is 1. The van der Waals surface area contributed by atoms with Crippen LogP contribution in [-0.4, -0.2) is 23.2 Å².